The number of rotatable bonds is 5. The first-order chi connectivity index (χ1) is 8.38. The summed E-state index contributed by atoms with van der Waals surface area (Å²) in [5.74, 6) is 0. The molecular formula is C15H24N2. The average molecular weight is 232 g/mol. The van der Waals surface area contributed by atoms with Crippen molar-refractivity contribution >= 4 is 5.69 Å². The maximum atomic E-state index is 3.50. The molecule has 1 N–H and O–H groups in total. The molecule has 2 rings (SSSR count). The van der Waals surface area contributed by atoms with Gasteiger partial charge in [-0.05, 0) is 50.0 Å². The molecular weight excluding hydrogens is 208 g/mol. The molecule has 94 valence electrons. The first-order valence-electron chi connectivity index (χ1n) is 6.93. The highest BCUT2D eigenvalue weighted by Crippen LogP contribution is 2.11. The zero-order valence-electron chi connectivity index (χ0n) is 10.9. The lowest BCUT2D eigenvalue weighted by atomic mass is 10.1. The molecule has 2 nitrogen and oxygen atoms in total. The minimum absolute atomic E-state index is 1.06. The van der Waals surface area contributed by atoms with Crippen LogP contribution >= 0.6 is 0 Å². The molecule has 1 aliphatic heterocycles. The molecule has 0 unspecified atom stereocenters. The number of piperidine rings is 1. The van der Waals surface area contributed by atoms with Crippen molar-refractivity contribution in [3.05, 3.63) is 29.8 Å². The molecule has 0 spiro atoms. The molecule has 1 saturated heterocycles. The van der Waals surface area contributed by atoms with Crippen LogP contribution in [-0.2, 0) is 6.42 Å². The fourth-order valence-corrected chi connectivity index (χ4v) is 2.40. The molecule has 0 aromatic heterocycles. The summed E-state index contributed by atoms with van der Waals surface area (Å²) < 4.78 is 0. The quantitative estimate of drug-likeness (QED) is 0.839. The second-order valence-corrected chi connectivity index (χ2v) is 4.88. The molecule has 2 heteroatoms. The second-order valence-electron chi connectivity index (χ2n) is 4.88. The minimum Gasteiger partial charge on any atom is -0.384 e. The number of anilines is 1. The number of nitrogens with one attached hydrogen (secondary N) is 1. The molecule has 1 aromatic rings. The van der Waals surface area contributed by atoms with Crippen LogP contribution in [0.4, 0.5) is 5.69 Å². The van der Waals surface area contributed by atoms with Crippen LogP contribution in [0.5, 0.6) is 0 Å². The van der Waals surface area contributed by atoms with E-state index in [9.17, 15) is 0 Å². The van der Waals surface area contributed by atoms with Gasteiger partial charge in [-0.25, -0.2) is 0 Å². The van der Waals surface area contributed by atoms with E-state index in [1.54, 1.807) is 0 Å². The molecule has 1 heterocycles. The predicted molar refractivity (Wildman–Crippen MR) is 74.6 cm³/mol. The Balaban J connectivity index is 1.69. The third-order valence-corrected chi connectivity index (χ3v) is 3.57. The monoisotopic (exact) mass is 232 g/mol. The van der Waals surface area contributed by atoms with Gasteiger partial charge in [0.05, 0.1) is 0 Å². The average Bonchev–Trinajstić information content (AvgIpc) is 2.41. The summed E-state index contributed by atoms with van der Waals surface area (Å²) in [7, 11) is 0. The first kappa shape index (κ1) is 12.4. The summed E-state index contributed by atoms with van der Waals surface area (Å²) in [6.07, 6.45) is 5.30. The summed E-state index contributed by atoms with van der Waals surface area (Å²) in [6, 6.07) is 8.80. The van der Waals surface area contributed by atoms with Gasteiger partial charge in [0.15, 0.2) is 0 Å². The Labute approximate surface area is 105 Å². The van der Waals surface area contributed by atoms with E-state index in [0.29, 0.717) is 0 Å². The Kier molecular flexibility index (Phi) is 4.87. The van der Waals surface area contributed by atoms with Gasteiger partial charge in [-0.15, -0.1) is 0 Å². The highest BCUT2D eigenvalue weighted by Gasteiger charge is 2.08. The second kappa shape index (κ2) is 6.65. The fourth-order valence-electron chi connectivity index (χ4n) is 2.40. The zero-order chi connectivity index (χ0) is 11.9. The Hall–Kier alpha value is -1.02. The summed E-state index contributed by atoms with van der Waals surface area (Å²) in [5.41, 5.74) is 2.66. The van der Waals surface area contributed by atoms with Gasteiger partial charge >= 0.3 is 0 Å². The van der Waals surface area contributed by atoms with Crippen molar-refractivity contribution < 1.29 is 0 Å². The van der Waals surface area contributed by atoms with Crippen LogP contribution in [-0.4, -0.2) is 31.1 Å². The Morgan fingerprint density at radius 3 is 2.41 bits per heavy atom. The van der Waals surface area contributed by atoms with Gasteiger partial charge < -0.3 is 10.2 Å². The number of likely N-dealkylation sites (tertiary alicyclic amines) is 1. The maximum absolute atomic E-state index is 3.50. The topological polar surface area (TPSA) is 15.3 Å². The third kappa shape index (κ3) is 4.04. The lowest BCUT2D eigenvalue weighted by Crippen LogP contribution is -2.33. The molecule has 1 aliphatic rings. The molecule has 0 amide bonds. The van der Waals surface area contributed by atoms with E-state index < -0.39 is 0 Å². The van der Waals surface area contributed by atoms with E-state index in [1.165, 1.54) is 50.1 Å². The van der Waals surface area contributed by atoms with Crippen LogP contribution in [0.15, 0.2) is 24.3 Å². The van der Waals surface area contributed by atoms with Crippen molar-refractivity contribution in [1.29, 1.82) is 0 Å². The minimum atomic E-state index is 1.06. The number of aryl methyl sites for hydroxylation is 1. The molecule has 17 heavy (non-hydrogen) atoms. The van der Waals surface area contributed by atoms with Crippen LogP contribution in [0, 0.1) is 0 Å². The predicted octanol–water partition coefficient (Wildman–Crippen LogP) is 3.15. The summed E-state index contributed by atoms with van der Waals surface area (Å²) in [6.45, 7) is 7.01. The van der Waals surface area contributed by atoms with E-state index >= 15 is 0 Å². The standard InChI is InChI=1S/C15H24N2/c1-2-14-6-8-15(9-7-14)16-10-13-17-11-4-3-5-12-17/h6-9,16H,2-5,10-13H2,1H3. The van der Waals surface area contributed by atoms with Gasteiger partial charge in [0, 0.05) is 18.8 Å². The van der Waals surface area contributed by atoms with Gasteiger partial charge in [-0.1, -0.05) is 25.5 Å². The van der Waals surface area contributed by atoms with Gasteiger partial charge in [0.1, 0.15) is 0 Å². The van der Waals surface area contributed by atoms with E-state index in [2.05, 4.69) is 41.4 Å². The smallest absolute Gasteiger partial charge is 0.0340 e. The van der Waals surface area contributed by atoms with Crippen molar-refractivity contribution in [3.8, 4) is 0 Å². The molecule has 0 saturated carbocycles. The summed E-state index contributed by atoms with van der Waals surface area (Å²) in [5, 5.41) is 3.50. The van der Waals surface area contributed by atoms with Crippen LogP contribution in [0.3, 0.4) is 0 Å². The van der Waals surface area contributed by atoms with E-state index in [4.69, 9.17) is 0 Å². The number of hydrogen-bond donors (Lipinski definition) is 1. The molecule has 0 bridgehead atoms. The molecule has 0 radical (unpaired) electrons. The van der Waals surface area contributed by atoms with Crippen molar-refractivity contribution in [2.24, 2.45) is 0 Å². The maximum Gasteiger partial charge on any atom is 0.0340 e. The lowest BCUT2D eigenvalue weighted by molar-refractivity contribution is 0.237. The Morgan fingerprint density at radius 1 is 1.06 bits per heavy atom. The number of benzene rings is 1. The van der Waals surface area contributed by atoms with Crippen molar-refractivity contribution in [2.45, 2.75) is 32.6 Å². The number of nitrogens with zero attached hydrogens (tertiary/aromatic N) is 1. The van der Waals surface area contributed by atoms with Gasteiger partial charge in [0.2, 0.25) is 0 Å². The highest BCUT2D eigenvalue weighted by atomic mass is 15.1. The molecule has 0 aliphatic carbocycles. The summed E-state index contributed by atoms with van der Waals surface area (Å²) >= 11 is 0. The largest absolute Gasteiger partial charge is 0.384 e. The Bertz CT molecular complexity index is 312. The van der Waals surface area contributed by atoms with Crippen molar-refractivity contribution in [2.75, 3.05) is 31.5 Å². The third-order valence-electron chi connectivity index (χ3n) is 3.57. The van der Waals surface area contributed by atoms with Crippen LogP contribution in [0.1, 0.15) is 31.7 Å². The van der Waals surface area contributed by atoms with Crippen LogP contribution in [0.25, 0.3) is 0 Å². The van der Waals surface area contributed by atoms with Crippen LogP contribution in [0.2, 0.25) is 0 Å². The normalized spacial score (nSPS) is 17.0. The van der Waals surface area contributed by atoms with Gasteiger partial charge in [0.25, 0.3) is 0 Å². The first-order valence-corrected chi connectivity index (χ1v) is 6.93. The molecule has 1 aromatic carbocycles. The highest BCUT2D eigenvalue weighted by molar-refractivity contribution is 5.44. The Morgan fingerprint density at radius 2 is 1.76 bits per heavy atom. The summed E-state index contributed by atoms with van der Waals surface area (Å²) in [4.78, 5) is 2.57. The zero-order valence-corrected chi connectivity index (χ0v) is 10.9. The molecule has 0 atom stereocenters. The van der Waals surface area contributed by atoms with Gasteiger partial charge in [-0.3, -0.25) is 0 Å². The van der Waals surface area contributed by atoms with Crippen LogP contribution < -0.4 is 5.32 Å². The van der Waals surface area contributed by atoms with Gasteiger partial charge in [-0.2, -0.15) is 0 Å². The van der Waals surface area contributed by atoms with Crippen molar-refractivity contribution in [1.82, 2.24) is 4.90 Å². The number of hydrogen-bond acceptors (Lipinski definition) is 2. The van der Waals surface area contributed by atoms with E-state index in [1.807, 2.05) is 0 Å². The fraction of sp³-hybridized carbons (Fsp3) is 0.600. The van der Waals surface area contributed by atoms with Crippen molar-refractivity contribution in [3.63, 3.8) is 0 Å². The molecule has 1 fully saturated rings. The lowest BCUT2D eigenvalue weighted by Gasteiger charge is -2.26. The van der Waals surface area contributed by atoms with E-state index in [0.717, 1.165) is 13.0 Å². The van der Waals surface area contributed by atoms with E-state index in [-0.39, 0.29) is 0 Å². The SMILES string of the molecule is CCc1ccc(NCCN2CCCCC2)cc1.